The van der Waals surface area contributed by atoms with Crippen LogP contribution in [0.15, 0.2) is 67.3 Å². The monoisotopic (exact) mass is 808 g/mol. The molecule has 0 radical (unpaired) electrons. The van der Waals surface area contributed by atoms with E-state index < -0.39 is 41.6 Å². The van der Waals surface area contributed by atoms with Crippen molar-refractivity contribution in [3.63, 3.8) is 0 Å². The summed E-state index contributed by atoms with van der Waals surface area (Å²) < 4.78 is 70.6. The predicted molar refractivity (Wildman–Crippen MR) is 169 cm³/mol. The first kappa shape index (κ1) is 38.6. The number of nitrogens with two attached hydrogens (primary N) is 2. The van der Waals surface area contributed by atoms with Crippen molar-refractivity contribution in [2.75, 3.05) is 22.1 Å². The molecule has 228 valence electrons. The van der Waals surface area contributed by atoms with E-state index in [1.807, 2.05) is 0 Å². The third kappa shape index (κ3) is 7.43. The second kappa shape index (κ2) is 14.0. The number of rotatable bonds is 6. The van der Waals surface area contributed by atoms with Gasteiger partial charge in [-0.25, -0.2) is 16.8 Å². The number of hydrogen-bond donors (Lipinski definition) is 4. The fraction of sp³-hybridized carbons (Fsp3) is 0.0714. The standard InChI is InChI=1S/C28H22Br2N4O8S2.2Na/c1-11-3-13(7-15(5-11)43(37,38)39)33-19-9-17(29)25(31)23-21(19)27(35)24-22(28(23)36)20(10-18(30)26(24)32)34-14-4-12(2)6-16(8-14)44(40,41)42;;/h3-10,33-34H,31-32H2,1-2H3,(H,37,38,39)(H,40,41,42);;/q;2*+1/p-2. The van der Waals surface area contributed by atoms with Crippen LogP contribution in [0.25, 0.3) is 0 Å². The number of carbonyl (C=O) groups is 2. The van der Waals surface area contributed by atoms with Gasteiger partial charge >= 0.3 is 59.1 Å². The van der Waals surface area contributed by atoms with Gasteiger partial charge < -0.3 is 31.2 Å². The molecule has 4 aromatic rings. The summed E-state index contributed by atoms with van der Waals surface area (Å²) in [6, 6.07) is 10.5. The van der Waals surface area contributed by atoms with E-state index in [9.17, 15) is 35.5 Å². The van der Waals surface area contributed by atoms with E-state index in [1.165, 1.54) is 24.3 Å². The third-order valence-corrected chi connectivity index (χ3v) is 9.72. The van der Waals surface area contributed by atoms with Gasteiger partial charge in [0.25, 0.3) is 0 Å². The molecule has 0 saturated carbocycles. The first-order valence-corrected chi connectivity index (χ1v) is 16.8. The Kier molecular flexibility index (Phi) is 11.7. The topological polar surface area (TPSA) is 225 Å². The molecule has 46 heavy (non-hydrogen) atoms. The number of carbonyl (C=O) groups excluding carboxylic acids is 2. The Balaban J connectivity index is 0.00000288. The van der Waals surface area contributed by atoms with Crippen LogP contribution in [0.3, 0.4) is 0 Å². The number of aryl methyl sites for hydroxylation is 2. The number of anilines is 6. The molecule has 1 aliphatic rings. The Morgan fingerprint density at radius 3 is 1.22 bits per heavy atom. The number of nitrogen functional groups attached to an aromatic ring is 2. The molecule has 0 unspecified atom stereocenters. The molecule has 1 aliphatic carbocycles. The van der Waals surface area contributed by atoms with Crippen molar-refractivity contribution in [3.8, 4) is 0 Å². The summed E-state index contributed by atoms with van der Waals surface area (Å²) in [4.78, 5) is 27.4. The number of benzene rings is 4. The van der Waals surface area contributed by atoms with Gasteiger partial charge in [0.15, 0.2) is 11.6 Å². The van der Waals surface area contributed by atoms with Crippen molar-refractivity contribution >= 4 is 97.8 Å². The maximum absolute atomic E-state index is 14.2. The molecule has 0 saturated heterocycles. The zero-order valence-electron chi connectivity index (χ0n) is 24.6. The van der Waals surface area contributed by atoms with E-state index in [1.54, 1.807) is 26.0 Å². The second-order valence-corrected chi connectivity index (χ2v) is 14.5. The van der Waals surface area contributed by atoms with E-state index in [2.05, 4.69) is 42.5 Å². The molecule has 18 heteroatoms. The first-order chi connectivity index (χ1) is 20.4. The van der Waals surface area contributed by atoms with Gasteiger partial charge in [0, 0.05) is 20.3 Å². The van der Waals surface area contributed by atoms with Crippen LogP contribution < -0.4 is 81.2 Å². The molecule has 0 bridgehead atoms. The van der Waals surface area contributed by atoms with Gasteiger partial charge in [-0.15, -0.1) is 0 Å². The van der Waals surface area contributed by atoms with Gasteiger partial charge in [0.2, 0.25) is 0 Å². The van der Waals surface area contributed by atoms with Gasteiger partial charge in [0.05, 0.1) is 54.8 Å². The number of hydrogen-bond acceptors (Lipinski definition) is 12. The van der Waals surface area contributed by atoms with Crippen LogP contribution in [0.5, 0.6) is 0 Å². The van der Waals surface area contributed by atoms with E-state index >= 15 is 0 Å². The van der Waals surface area contributed by atoms with Crippen molar-refractivity contribution in [1.29, 1.82) is 0 Å². The minimum absolute atomic E-state index is 0. The van der Waals surface area contributed by atoms with Crippen molar-refractivity contribution in [3.05, 3.63) is 90.9 Å². The minimum atomic E-state index is -4.81. The molecule has 0 amide bonds. The number of nitrogens with one attached hydrogen (secondary N) is 2. The summed E-state index contributed by atoms with van der Waals surface area (Å²) in [5.41, 5.74) is 13.1. The van der Waals surface area contributed by atoms with Gasteiger partial charge in [-0.2, -0.15) is 0 Å². The van der Waals surface area contributed by atoms with Gasteiger partial charge in [-0.3, -0.25) is 9.59 Å². The molecule has 6 N–H and O–H groups in total. The normalized spacial score (nSPS) is 12.4. The summed E-state index contributed by atoms with van der Waals surface area (Å²) >= 11 is 6.62. The van der Waals surface area contributed by atoms with Crippen LogP contribution in [0.1, 0.15) is 43.0 Å². The maximum atomic E-state index is 14.2. The van der Waals surface area contributed by atoms with Crippen LogP contribution in [0, 0.1) is 13.8 Å². The minimum Gasteiger partial charge on any atom is -0.744 e. The van der Waals surface area contributed by atoms with Crippen LogP contribution in [-0.2, 0) is 20.2 Å². The van der Waals surface area contributed by atoms with Crippen molar-refractivity contribution in [2.45, 2.75) is 23.6 Å². The van der Waals surface area contributed by atoms with E-state index in [-0.39, 0.29) is 124 Å². The summed E-state index contributed by atoms with van der Waals surface area (Å²) in [7, 11) is -9.61. The molecule has 0 aromatic heterocycles. The van der Waals surface area contributed by atoms with E-state index in [4.69, 9.17) is 11.5 Å². The molecule has 0 fully saturated rings. The third-order valence-electron chi connectivity index (χ3n) is 6.78. The Morgan fingerprint density at radius 1 is 0.587 bits per heavy atom. The molecule has 12 nitrogen and oxygen atoms in total. The van der Waals surface area contributed by atoms with E-state index in [0.29, 0.717) is 11.1 Å². The average molecular weight is 810 g/mol. The Hall–Kier alpha value is -1.80. The number of ketones is 2. The maximum Gasteiger partial charge on any atom is 1.00 e. The summed E-state index contributed by atoms with van der Waals surface area (Å²) in [5, 5.41) is 5.87. The number of halogens is 2. The van der Waals surface area contributed by atoms with E-state index in [0.717, 1.165) is 12.1 Å². The fourth-order valence-electron chi connectivity index (χ4n) is 4.96. The molecule has 5 rings (SSSR count). The zero-order valence-corrected chi connectivity index (χ0v) is 33.4. The molecule has 0 atom stereocenters. The Labute approximate surface area is 325 Å². The van der Waals surface area contributed by atoms with Gasteiger partial charge in [-0.1, -0.05) is 0 Å². The van der Waals surface area contributed by atoms with Crippen LogP contribution in [0.2, 0.25) is 0 Å². The first-order valence-electron chi connectivity index (χ1n) is 12.4. The largest absolute Gasteiger partial charge is 1.00 e. The molecule has 0 aliphatic heterocycles. The Bertz CT molecular complexity index is 2040. The zero-order chi connectivity index (χ0) is 32.5. The van der Waals surface area contributed by atoms with Crippen molar-refractivity contribution in [1.82, 2.24) is 0 Å². The van der Waals surface area contributed by atoms with Crippen molar-refractivity contribution < 1.29 is 94.6 Å². The molecule has 0 spiro atoms. The smallest absolute Gasteiger partial charge is 0.744 e. The summed E-state index contributed by atoms with van der Waals surface area (Å²) in [5.74, 6) is -1.40. The van der Waals surface area contributed by atoms with Crippen LogP contribution in [-0.4, -0.2) is 37.5 Å². The fourth-order valence-corrected chi connectivity index (χ4v) is 7.02. The summed E-state index contributed by atoms with van der Waals surface area (Å²) in [6.07, 6.45) is 0. The second-order valence-electron chi connectivity index (χ2n) is 10.0. The predicted octanol–water partition coefficient (Wildman–Crippen LogP) is -0.928. The average Bonchev–Trinajstić information content (AvgIpc) is 2.89. The molecular formula is C28H20Br2N4Na2O8S2. The Morgan fingerprint density at radius 2 is 0.913 bits per heavy atom. The molecular weight excluding hydrogens is 790 g/mol. The van der Waals surface area contributed by atoms with Gasteiger partial charge in [0.1, 0.15) is 20.2 Å². The molecule has 0 heterocycles. The SMILES string of the molecule is Cc1cc(Nc2cc(Br)c(N)c3c2C(=O)c2c(N)c(Br)cc(Nc4cc(C)cc(S(=O)(=O)[O-])c4)c2C3=O)cc(S(=O)(=O)[O-])c1.[Na+].[Na+]. The van der Waals surface area contributed by atoms with Gasteiger partial charge in [-0.05, 0) is 105 Å². The summed E-state index contributed by atoms with van der Waals surface area (Å²) in [6.45, 7) is 3.16. The number of fused-ring (bicyclic) bond motifs is 2. The quantitative estimate of drug-likeness (QED) is 0.0928. The van der Waals surface area contributed by atoms with Crippen LogP contribution >= 0.6 is 31.9 Å². The van der Waals surface area contributed by atoms with Crippen molar-refractivity contribution in [2.24, 2.45) is 0 Å². The molecule has 4 aromatic carbocycles. The van der Waals surface area contributed by atoms with Crippen LogP contribution in [0.4, 0.5) is 34.1 Å².